The number of nitrogens with zero attached hydrogens (tertiary/aromatic N) is 1. The number of rotatable bonds is 4. The fourth-order valence-corrected chi connectivity index (χ4v) is 1.66. The second kappa shape index (κ2) is 5.10. The molecular weight excluding hydrogens is 188 g/mol. The third kappa shape index (κ3) is 2.91. The molecule has 84 valence electrons. The van der Waals surface area contributed by atoms with Gasteiger partial charge in [0.25, 0.3) is 5.56 Å². The molecule has 0 aliphatic heterocycles. The molecule has 1 N–H and O–H groups in total. The van der Waals surface area contributed by atoms with Crippen molar-refractivity contribution in [3.05, 3.63) is 27.9 Å². The van der Waals surface area contributed by atoms with Crippen molar-refractivity contribution in [2.24, 2.45) is 0 Å². The Morgan fingerprint density at radius 3 is 2.40 bits per heavy atom. The van der Waals surface area contributed by atoms with Gasteiger partial charge in [-0.2, -0.15) is 0 Å². The molecule has 0 saturated heterocycles. The van der Waals surface area contributed by atoms with Crippen LogP contribution in [0.25, 0.3) is 0 Å². The summed E-state index contributed by atoms with van der Waals surface area (Å²) in [5, 5.41) is 0. The van der Waals surface area contributed by atoms with Gasteiger partial charge in [-0.1, -0.05) is 27.7 Å². The topological polar surface area (TPSA) is 45.8 Å². The summed E-state index contributed by atoms with van der Waals surface area (Å²) in [6, 6.07) is 1.59. The molecule has 1 aromatic heterocycles. The number of H-pyrrole nitrogens is 1. The van der Waals surface area contributed by atoms with Crippen LogP contribution in [0.1, 0.15) is 63.9 Å². The van der Waals surface area contributed by atoms with Crippen LogP contribution < -0.4 is 5.56 Å². The Morgan fingerprint density at radius 2 is 1.93 bits per heavy atom. The van der Waals surface area contributed by atoms with Gasteiger partial charge in [-0.3, -0.25) is 4.79 Å². The number of aromatic nitrogens is 2. The summed E-state index contributed by atoms with van der Waals surface area (Å²) in [5.41, 5.74) is 0.858. The van der Waals surface area contributed by atoms with Crippen molar-refractivity contribution in [2.45, 2.75) is 52.4 Å². The minimum absolute atomic E-state index is 0.0319. The van der Waals surface area contributed by atoms with Crippen molar-refractivity contribution in [1.82, 2.24) is 9.97 Å². The van der Waals surface area contributed by atoms with Gasteiger partial charge in [0.1, 0.15) is 5.82 Å². The molecule has 0 unspecified atom stereocenters. The summed E-state index contributed by atoms with van der Waals surface area (Å²) < 4.78 is 0. The lowest BCUT2D eigenvalue weighted by Gasteiger charge is -2.13. The number of nitrogens with one attached hydrogen (secondary N) is 1. The van der Waals surface area contributed by atoms with Gasteiger partial charge >= 0.3 is 0 Å². The van der Waals surface area contributed by atoms with E-state index < -0.39 is 0 Å². The maximum absolute atomic E-state index is 11.5. The lowest BCUT2D eigenvalue weighted by Crippen LogP contribution is -2.16. The van der Waals surface area contributed by atoms with Crippen LogP contribution in [0, 0.1) is 0 Å². The molecule has 0 amide bonds. The summed E-state index contributed by atoms with van der Waals surface area (Å²) in [5.74, 6) is 1.52. The smallest absolute Gasteiger partial charge is 0.251 e. The van der Waals surface area contributed by atoms with Gasteiger partial charge in [-0.25, -0.2) is 4.98 Å². The van der Waals surface area contributed by atoms with E-state index in [1.807, 2.05) is 0 Å². The molecule has 0 aromatic carbocycles. The zero-order chi connectivity index (χ0) is 11.4. The molecule has 0 radical (unpaired) electrons. The van der Waals surface area contributed by atoms with Crippen LogP contribution in [0.2, 0.25) is 0 Å². The minimum atomic E-state index is -0.0319. The molecule has 0 atom stereocenters. The second-order valence-corrected chi connectivity index (χ2v) is 4.22. The van der Waals surface area contributed by atoms with Crippen molar-refractivity contribution in [3.63, 3.8) is 0 Å². The van der Waals surface area contributed by atoms with E-state index in [0.29, 0.717) is 11.8 Å². The molecule has 0 aliphatic rings. The predicted molar refractivity (Wildman–Crippen MR) is 62.3 cm³/mol. The third-order valence-electron chi connectivity index (χ3n) is 2.74. The Labute approximate surface area is 91.0 Å². The first-order chi connectivity index (χ1) is 7.08. The fourth-order valence-electron chi connectivity index (χ4n) is 1.66. The molecule has 1 aromatic rings. The van der Waals surface area contributed by atoms with E-state index in [1.165, 1.54) is 0 Å². The molecule has 0 bridgehead atoms. The SMILES string of the molecule is CCC(CC)c1nc(C(C)C)cc(=O)[nH]1. The van der Waals surface area contributed by atoms with Crippen molar-refractivity contribution in [1.29, 1.82) is 0 Å². The molecule has 3 nitrogen and oxygen atoms in total. The molecule has 0 spiro atoms. The highest BCUT2D eigenvalue weighted by atomic mass is 16.1. The Balaban J connectivity index is 3.13. The molecule has 0 aliphatic carbocycles. The number of hydrogen-bond acceptors (Lipinski definition) is 2. The van der Waals surface area contributed by atoms with Crippen LogP contribution >= 0.6 is 0 Å². The highest BCUT2D eigenvalue weighted by Crippen LogP contribution is 2.19. The van der Waals surface area contributed by atoms with Gasteiger partial charge in [0.15, 0.2) is 0 Å². The Bertz CT molecular complexity index is 364. The average Bonchev–Trinajstić information content (AvgIpc) is 2.18. The molecule has 3 heteroatoms. The first-order valence-corrected chi connectivity index (χ1v) is 5.69. The molecular formula is C12H20N2O. The van der Waals surface area contributed by atoms with E-state index in [2.05, 4.69) is 37.7 Å². The van der Waals surface area contributed by atoms with Crippen LogP contribution in [-0.2, 0) is 0 Å². The summed E-state index contributed by atoms with van der Waals surface area (Å²) in [6.07, 6.45) is 2.03. The highest BCUT2D eigenvalue weighted by Gasteiger charge is 2.12. The van der Waals surface area contributed by atoms with E-state index in [0.717, 1.165) is 24.4 Å². The molecule has 0 fully saturated rings. The average molecular weight is 208 g/mol. The molecule has 0 saturated carbocycles. The maximum atomic E-state index is 11.5. The van der Waals surface area contributed by atoms with Gasteiger partial charge in [0, 0.05) is 12.0 Å². The fraction of sp³-hybridized carbons (Fsp3) is 0.667. The van der Waals surface area contributed by atoms with Gasteiger partial charge in [-0.05, 0) is 18.8 Å². The molecule has 1 heterocycles. The van der Waals surface area contributed by atoms with Crippen molar-refractivity contribution in [3.8, 4) is 0 Å². The highest BCUT2D eigenvalue weighted by molar-refractivity contribution is 5.09. The van der Waals surface area contributed by atoms with Crippen LogP contribution in [-0.4, -0.2) is 9.97 Å². The number of hydrogen-bond donors (Lipinski definition) is 1. The van der Waals surface area contributed by atoms with Crippen LogP contribution in [0.4, 0.5) is 0 Å². The standard InChI is InChI=1S/C12H20N2O/c1-5-9(6-2)12-13-10(8(3)4)7-11(15)14-12/h7-9H,5-6H2,1-4H3,(H,13,14,15). The van der Waals surface area contributed by atoms with Crippen molar-refractivity contribution >= 4 is 0 Å². The second-order valence-electron chi connectivity index (χ2n) is 4.22. The summed E-state index contributed by atoms with van der Waals surface area (Å²) >= 11 is 0. The van der Waals surface area contributed by atoms with Gasteiger partial charge in [0.05, 0.1) is 5.69 Å². The third-order valence-corrected chi connectivity index (χ3v) is 2.74. The van der Waals surface area contributed by atoms with Crippen LogP contribution in [0.3, 0.4) is 0 Å². The van der Waals surface area contributed by atoms with Crippen molar-refractivity contribution in [2.75, 3.05) is 0 Å². The lowest BCUT2D eigenvalue weighted by molar-refractivity contribution is 0.590. The summed E-state index contributed by atoms with van der Waals surface area (Å²) in [4.78, 5) is 18.8. The Hall–Kier alpha value is -1.12. The Kier molecular flexibility index (Phi) is 4.06. The van der Waals surface area contributed by atoms with Gasteiger partial charge in [0.2, 0.25) is 0 Å². The summed E-state index contributed by atoms with van der Waals surface area (Å²) in [6.45, 7) is 8.35. The monoisotopic (exact) mass is 208 g/mol. The van der Waals surface area contributed by atoms with Crippen molar-refractivity contribution < 1.29 is 0 Å². The normalized spacial score (nSPS) is 11.3. The predicted octanol–water partition coefficient (Wildman–Crippen LogP) is 2.80. The zero-order valence-corrected chi connectivity index (χ0v) is 10.0. The van der Waals surface area contributed by atoms with E-state index in [9.17, 15) is 4.79 Å². The quantitative estimate of drug-likeness (QED) is 0.827. The zero-order valence-electron chi connectivity index (χ0n) is 10.0. The van der Waals surface area contributed by atoms with E-state index in [4.69, 9.17) is 0 Å². The van der Waals surface area contributed by atoms with Crippen LogP contribution in [0.15, 0.2) is 10.9 Å². The number of aromatic amines is 1. The first-order valence-electron chi connectivity index (χ1n) is 5.69. The molecule has 1 rings (SSSR count). The molecule has 15 heavy (non-hydrogen) atoms. The van der Waals surface area contributed by atoms with Gasteiger partial charge in [-0.15, -0.1) is 0 Å². The minimum Gasteiger partial charge on any atom is -0.310 e. The lowest BCUT2D eigenvalue weighted by atomic mass is 10.0. The van der Waals surface area contributed by atoms with E-state index in [-0.39, 0.29) is 5.56 Å². The van der Waals surface area contributed by atoms with E-state index >= 15 is 0 Å². The van der Waals surface area contributed by atoms with E-state index in [1.54, 1.807) is 6.07 Å². The summed E-state index contributed by atoms with van der Waals surface area (Å²) in [7, 11) is 0. The maximum Gasteiger partial charge on any atom is 0.251 e. The van der Waals surface area contributed by atoms with Crippen LogP contribution in [0.5, 0.6) is 0 Å². The Morgan fingerprint density at radius 1 is 1.33 bits per heavy atom. The largest absolute Gasteiger partial charge is 0.310 e. The first kappa shape index (κ1) is 12.0. The van der Waals surface area contributed by atoms with Gasteiger partial charge < -0.3 is 4.98 Å².